The van der Waals surface area contributed by atoms with E-state index in [4.69, 9.17) is 5.11 Å². The standard InChI is InChI=1S/C10H8F3N5O2/c1-3(9-15-17-18-16-9)14-10(20)4-2-5(11)7(13)8(19)6(4)12/h2-3,19H,1H3,(H,14,20)(H,15,16,17,18). The number of aromatic amines is 1. The molecule has 3 N–H and O–H groups in total. The Hall–Kier alpha value is -2.65. The predicted molar refractivity (Wildman–Crippen MR) is 58.0 cm³/mol. The van der Waals surface area contributed by atoms with Gasteiger partial charge in [-0.25, -0.2) is 8.78 Å². The average molecular weight is 287 g/mol. The molecule has 0 radical (unpaired) electrons. The molecule has 0 aliphatic rings. The molecule has 7 nitrogen and oxygen atoms in total. The topological polar surface area (TPSA) is 104 Å². The highest BCUT2D eigenvalue weighted by atomic mass is 19.2. The van der Waals surface area contributed by atoms with Crippen LogP contribution >= 0.6 is 0 Å². The third-order valence-corrected chi connectivity index (χ3v) is 2.47. The molecular formula is C10H8F3N5O2. The highest BCUT2D eigenvalue weighted by Gasteiger charge is 2.24. The molecule has 0 aliphatic heterocycles. The molecule has 2 aromatic rings. The molecule has 1 aromatic carbocycles. The Balaban J connectivity index is 2.26. The van der Waals surface area contributed by atoms with E-state index in [2.05, 4.69) is 25.9 Å². The first kappa shape index (κ1) is 13.8. The molecular weight excluding hydrogens is 279 g/mol. The second-order valence-corrected chi connectivity index (χ2v) is 3.85. The zero-order chi connectivity index (χ0) is 14.9. The van der Waals surface area contributed by atoms with E-state index >= 15 is 0 Å². The van der Waals surface area contributed by atoms with Crippen molar-refractivity contribution in [3.63, 3.8) is 0 Å². The zero-order valence-electron chi connectivity index (χ0n) is 9.99. The van der Waals surface area contributed by atoms with Crippen molar-refractivity contribution in [1.29, 1.82) is 0 Å². The minimum Gasteiger partial charge on any atom is -0.503 e. The lowest BCUT2D eigenvalue weighted by Gasteiger charge is -2.11. The fraction of sp³-hybridized carbons (Fsp3) is 0.200. The molecule has 0 saturated carbocycles. The molecule has 0 bridgehead atoms. The van der Waals surface area contributed by atoms with Gasteiger partial charge >= 0.3 is 0 Å². The van der Waals surface area contributed by atoms with Crippen LogP contribution in [0, 0.1) is 17.5 Å². The van der Waals surface area contributed by atoms with Crippen molar-refractivity contribution in [2.45, 2.75) is 13.0 Å². The molecule has 1 atom stereocenters. The summed E-state index contributed by atoms with van der Waals surface area (Å²) in [4.78, 5) is 11.7. The molecule has 20 heavy (non-hydrogen) atoms. The van der Waals surface area contributed by atoms with Crippen LogP contribution in [0.5, 0.6) is 5.75 Å². The first-order chi connectivity index (χ1) is 9.41. The fourth-order valence-corrected chi connectivity index (χ4v) is 1.45. The summed E-state index contributed by atoms with van der Waals surface area (Å²) in [5.74, 6) is -7.35. The van der Waals surface area contributed by atoms with Crippen molar-refractivity contribution in [3.05, 3.63) is 34.9 Å². The normalized spacial score (nSPS) is 12.2. The average Bonchev–Trinajstić information content (AvgIpc) is 2.94. The first-order valence-corrected chi connectivity index (χ1v) is 5.32. The Bertz CT molecular complexity index is 647. The van der Waals surface area contributed by atoms with Crippen LogP contribution in [-0.2, 0) is 0 Å². The molecule has 10 heteroatoms. The summed E-state index contributed by atoms with van der Waals surface area (Å²) >= 11 is 0. The fourth-order valence-electron chi connectivity index (χ4n) is 1.45. The van der Waals surface area contributed by atoms with Crippen LogP contribution in [0.25, 0.3) is 0 Å². The van der Waals surface area contributed by atoms with Gasteiger partial charge in [0.05, 0.1) is 11.6 Å². The maximum atomic E-state index is 13.5. The van der Waals surface area contributed by atoms with Crippen LogP contribution in [0.3, 0.4) is 0 Å². The van der Waals surface area contributed by atoms with E-state index < -0.39 is 40.7 Å². The minimum atomic E-state index is -1.76. The van der Waals surface area contributed by atoms with Crippen molar-refractivity contribution in [3.8, 4) is 5.75 Å². The Kier molecular flexibility index (Phi) is 3.55. The largest absolute Gasteiger partial charge is 0.503 e. The summed E-state index contributed by atoms with van der Waals surface area (Å²) in [5, 5.41) is 23.9. The number of phenolic OH excluding ortho intramolecular Hbond substituents is 1. The number of carbonyl (C=O) groups excluding carboxylic acids is 1. The number of aromatic hydroxyl groups is 1. The van der Waals surface area contributed by atoms with Gasteiger partial charge in [0.25, 0.3) is 5.91 Å². The number of hydrogen-bond acceptors (Lipinski definition) is 5. The highest BCUT2D eigenvalue weighted by molar-refractivity contribution is 5.95. The van der Waals surface area contributed by atoms with Gasteiger partial charge in [0.15, 0.2) is 23.2 Å². The number of benzene rings is 1. The summed E-state index contributed by atoms with van der Waals surface area (Å²) < 4.78 is 39.5. The lowest BCUT2D eigenvalue weighted by atomic mass is 10.1. The monoisotopic (exact) mass is 287 g/mol. The third-order valence-electron chi connectivity index (χ3n) is 2.47. The summed E-state index contributed by atoms with van der Waals surface area (Å²) in [5.41, 5.74) is -0.836. The predicted octanol–water partition coefficient (Wildman–Crippen LogP) is 0.814. The van der Waals surface area contributed by atoms with Gasteiger partial charge in [-0.05, 0) is 13.0 Å². The van der Waals surface area contributed by atoms with Crippen molar-refractivity contribution in [2.75, 3.05) is 0 Å². The van der Waals surface area contributed by atoms with Crippen LogP contribution in [0.15, 0.2) is 6.07 Å². The molecule has 0 aliphatic carbocycles. The van der Waals surface area contributed by atoms with E-state index in [9.17, 15) is 18.0 Å². The number of tetrazole rings is 1. The molecule has 0 fully saturated rings. The van der Waals surface area contributed by atoms with Crippen LogP contribution in [-0.4, -0.2) is 31.6 Å². The van der Waals surface area contributed by atoms with Gasteiger partial charge in [-0.3, -0.25) is 4.79 Å². The van der Waals surface area contributed by atoms with Crippen molar-refractivity contribution in [1.82, 2.24) is 25.9 Å². The highest BCUT2D eigenvalue weighted by Crippen LogP contribution is 2.26. The molecule has 106 valence electrons. The van der Waals surface area contributed by atoms with Gasteiger partial charge in [-0.2, -0.15) is 9.60 Å². The number of halogens is 3. The number of H-pyrrole nitrogens is 1. The Morgan fingerprint density at radius 1 is 1.40 bits per heavy atom. The third kappa shape index (κ3) is 2.39. The number of hydrogen-bond donors (Lipinski definition) is 3. The summed E-state index contributed by atoms with van der Waals surface area (Å²) in [6.07, 6.45) is 0. The molecule has 2 rings (SSSR count). The molecule has 1 heterocycles. The number of nitrogens with one attached hydrogen (secondary N) is 2. The van der Waals surface area contributed by atoms with E-state index in [1.165, 1.54) is 6.92 Å². The van der Waals surface area contributed by atoms with Gasteiger partial charge in [0, 0.05) is 0 Å². The second kappa shape index (κ2) is 5.15. The van der Waals surface area contributed by atoms with Crippen LogP contribution < -0.4 is 5.32 Å². The quantitative estimate of drug-likeness (QED) is 0.725. The van der Waals surface area contributed by atoms with E-state index in [1.807, 2.05) is 0 Å². The number of rotatable bonds is 3. The van der Waals surface area contributed by atoms with E-state index in [0.717, 1.165) is 0 Å². The van der Waals surface area contributed by atoms with Crippen LogP contribution in [0.1, 0.15) is 29.1 Å². The smallest absolute Gasteiger partial charge is 0.255 e. The number of phenols is 1. The van der Waals surface area contributed by atoms with Gasteiger partial charge in [0.1, 0.15) is 0 Å². The zero-order valence-corrected chi connectivity index (χ0v) is 9.99. The number of aromatic nitrogens is 4. The van der Waals surface area contributed by atoms with E-state index in [-0.39, 0.29) is 5.82 Å². The molecule has 0 saturated heterocycles. The SMILES string of the molecule is CC(NC(=O)c1cc(F)c(F)c(O)c1F)c1nn[nH]n1. The van der Waals surface area contributed by atoms with Gasteiger partial charge in [-0.1, -0.05) is 5.21 Å². The van der Waals surface area contributed by atoms with Crippen LogP contribution in [0.2, 0.25) is 0 Å². The minimum absolute atomic E-state index is 0.116. The summed E-state index contributed by atoms with van der Waals surface area (Å²) in [6.45, 7) is 1.47. The van der Waals surface area contributed by atoms with Crippen molar-refractivity contribution < 1.29 is 23.1 Å². The van der Waals surface area contributed by atoms with E-state index in [0.29, 0.717) is 6.07 Å². The second-order valence-electron chi connectivity index (χ2n) is 3.85. The van der Waals surface area contributed by atoms with Crippen molar-refractivity contribution >= 4 is 5.91 Å². The Labute approximate surface area is 109 Å². The Morgan fingerprint density at radius 2 is 2.10 bits per heavy atom. The number of carbonyl (C=O) groups is 1. The molecule has 1 unspecified atom stereocenters. The van der Waals surface area contributed by atoms with Gasteiger partial charge in [-0.15, -0.1) is 10.2 Å². The Morgan fingerprint density at radius 3 is 2.70 bits per heavy atom. The number of amides is 1. The van der Waals surface area contributed by atoms with Crippen molar-refractivity contribution in [2.24, 2.45) is 0 Å². The molecule has 0 spiro atoms. The first-order valence-electron chi connectivity index (χ1n) is 5.32. The van der Waals surface area contributed by atoms with E-state index in [1.54, 1.807) is 0 Å². The maximum absolute atomic E-state index is 13.5. The summed E-state index contributed by atoms with van der Waals surface area (Å²) in [6, 6.07) is -0.404. The van der Waals surface area contributed by atoms with Gasteiger partial charge < -0.3 is 10.4 Å². The summed E-state index contributed by atoms with van der Waals surface area (Å²) in [7, 11) is 0. The molecule has 1 aromatic heterocycles. The number of nitrogens with zero attached hydrogens (tertiary/aromatic N) is 3. The lowest BCUT2D eigenvalue weighted by Crippen LogP contribution is -2.28. The molecule has 1 amide bonds. The van der Waals surface area contributed by atoms with Gasteiger partial charge in [0.2, 0.25) is 5.82 Å². The van der Waals surface area contributed by atoms with Crippen LogP contribution in [0.4, 0.5) is 13.2 Å². The lowest BCUT2D eigenvalue weighted by molar-refractivity contribution is 0.0932. The maximum Gasteiger partial charge on any atom is 0.255 e.